The first-order valence-electron chi connectivity index (χ1n) is 8.00. The number of rotatable bonds is 8. The average Bonchev–Trinajstić information content (AvgIpc) is 3.04. The number of nitrogens with zero attached hydrogens (tertiary/aromatic N) is 1. The number of nitrogens with two attached hydrogens (primary N) is 1. The van der Waals surface area contributed by atoms with Gasteiger partial charge in [0.15, 0.2) is 0 Å². The predicted molar refractivity (Wildman–Crippen MR) is 86.7 cm³/mol. The van der Waals surface area contributed by atoms with Gasteiger partial charge in [0, 0.05) is 20.1 Å². The van der Waals surface area contributed by atoms with E-state index in [4.69, 9.17) is 15.2 Å². The number of ether oxygens (including phenoxy) is 2. The molecule has 23 heavy (non-hydrogen) atoms. The van der Waals surface area contributed by atoms with Crippen LogP contribution in [0.25, 0.3) is 0 Å². The molecule has 1 fully saturated rings. The van der Waals surface area contributed by atoms with Gasteiger partial charge in [-0.2, -0.15) is 0 Å². The zero-order chi connectivity index (χ0) is 16.7. The maximum absolute atomic E-state index is 12.2. The molecule has 1 amide bonds. The molecule has 6 nitrogen and oxygen atoms in total. The van der Waals surface area contributed by atoms with E-state index in [1.54, 1.807) is 7.05 Å². The molecule has 2 rings (SSSR count). The number of likely N-dealkylation sites (N-methyl/N-ethyl adjacent to an activating group) is 1. The molecule has 1 aliphatic heterocycles. The van der Waals surface area contributed by atoms with Crippen molar-refractivity contribution >= 4 is 5.91 Å². The highest BCUT2D eigenvalue weighted by Crippen LogP contribution is 2.20. The van der Waals surface area contributed by atoms with E-state index in [-0.39, 0.29) is 25.2 Å². The Morgan fingerprint density at radius 2 is 2.17 bits per heavy atom. The summed E-state index contributed by atoms with van der Waals surface area (Å²) in [6.45, 7) is 1.28. The highest BCUT2D eigenvalue weighted by molar-refractivity contribution is 5.81. The molecule has 0 bridgehead atoms. The molecule has 6 heteroatoms. The van der Waals surface area contributed by atoms with Gasteiger partial charge < -0.3 is 25.2 Å². The topological polar surface area (TPSA) is 85.0 Å². The number of benzene rings is 1. The summed E-state index contributed by atoms with van der Waals surface area (Å²) in [6.07, 6.45) is 0.302. The lowest BCUT2D eigenvalue weighted by Gasteiger charge is -2.23. The van der Waals surface area contributed by atoms with Crippen molar-refractivity contribution in [3.8, 4) is 0 Å². The maximum Gasteiger partial charge on any atom is 0.251 e. The van der Waals surface area contributed by atoms with E-state index in [0.29, 0.717) is 19.6 Å². The van der Waals surface area contributed by atoms with Gasteiger partial charge in [0.05, 0.1) is 25.4 Å². The van der Waals surface area contributed by atoms with Crippen molar-refractivity contribution < 1.29 is 19.4 Å². The van der Waals surface area contributed by atoms with Gasteiger partial charge in [-0.15, -0.1) is 0 Å². The van der Waals surface area contributed by atoms with Crippen LogP contribution in [-0.2, 0) is 20.9 Å². The molecule has 0 aromatic heterocycles. The fourth-order valence-electron chi connectivity index (χ4n) is 2.65. The number of carbonyl (C=O) groups excluding carboxylic acids is 1. The van der Waals surface area contributed by atoms with Crippen molar-refractivity contribution in [1.82, 2.24) is 4.90 Å². The highest BCUT2D eigenvalue weighted by atomic mass is 16.5. The highest BCUT2D eigenvalue weighted by Gasteiger charge is 2.32. The van der Waals surface area contributed by atoms with Crippen LogP contribution in [0.1, 0.15) is 18.4 Å². The van der Waals surface area contributed by atoms with Gasteiger partial charge in [-0.1, -0.05) is 30.3 Å². The molecule has 0 saturated carbocycles. The van der Waals surface area contributed by atoms with Gasteiger partial charge >= 0.3 is 0 Å². The summed E-state index contributed by atoms with van der Waals surface area (Å²) in [5.74, 6) is -0.108. The fourth-order valence-corrected chi connectivity index (χ4v) is 2.65. The van der Waals surface area contributed by atoms with Crippen molar-refractivity contribution in [1.29, 1.82) is 0 Å². The summed E-state index contributed by atoms with van der Waals surface area (Å²) in [6, 6.07) is 9.76. The normalized spacial score (nSPS) is 22.0. The van der Waals surface area contributed by atoms with Gasteiger partial charge in [-0.05, 0) is 18.4 Å². The minimum atomic E-state index is -0.723. The first-order valence-corrected chi connectivity index (χ1v) is 8.00. The Morgan fingerprint density at radius 1 is 1.43 bits per heavy atom. The summed E-state index contributed by atoms with van der Waals surface area (Å²) in [5, 5.41) is 10.0. The number of aliphatic hydroxyl groups is 1. The van der Waals surface area contributed by atoms with Crippen LogP contribution in [0.3, 0.4) is 0 Å². The molecular weight excluding hydrogens is 296 g/mol. The van der Waals surface area contributed by atoms with Crippen molar-refractivity contribution in [2.24, 2.45) is 5.73 Å². The second-order valence-electron chi connectivity index (χ2n) is 5.93. The Balaban J connectivity index is 1.67. The zero-order valence-electron chi connectivity index (χ0n) is 13.6. The van der Waals surface area contributed by atoms with E-state index in [9.17, 15) is 9.90 Å². The molecule has 1 unspecified atom stereocenters. The maximum atomic E-state index is 12.2. The molecule has 1 saturated heterocycles. The molecule has 128 valence electrons. The lowest BCUT2D eigenvalue weighted by molar-refractivity contribution is -0.143. The molecular formula is C17H26N2O4. The van der Waals surface area contributed by atoms with E-state index in [2.05, 4.69) is 0 Å². The van der Waals surface area contributed by atoms with Crippen LogP contribution < -0.4 is 5.73 Å². The monoisotopic (exact) mass is 322 g/mol. The van der Waals surface area contributed by atoms with Crippen LogP contribution in [0.5, 0.6) is 0 Å². The van der Waals surface area contributed by atoms with E-state index in [0.717, 1.165) is 12.0 Å². The van der Waals surface area contributed by atoms with Crippen molar-refractivity contribution in [2.75, 3.05) is 26.7 Å². The second kappa shape index (κ2) is 8.98. The first-order chi connectivity index (χ1) is 11.1. The molecule has 1 aromatic rings. The molecule has 1 aromatic carbocycles. The molecule has 0 aliphatic carbocycles. The van der Waals surface area contributed by atoms with Crippen LogP contribution in [0.2, 0.25) is 0 Å². The van der Waals surface area contributed by atoms with Crippen LogP contribution in [0.15, 0.2) is 30.3 Å². The van der Waals surface area contributed by atoms with Gasteiger partial charge in [-0.25, -0.2) is 0 Å². The number of amides is 1. The van der Waals surface area contributed by atoms with Gasteiger partial charge in [-0.3, -0.25) is 4.79 Å². The van der Waals surface area contributed by atoms with E-state index >= 15 is 0 Å². The largest absolute Gasteiger partial charge is 0.389 e. The number of carbonyl (C=O) groups is 1. The zero-order valence-corrected chi connectivity index (χ0v) is 13.6. The Kier molecular flexibility index (Phi) is 6.98. The summed E-state index contributed by atoms with van der Waals surface area (Å²) < 4.78 is 11.1. The van der Waals surface area contributed by atoms with E-state index in [1.165, 1.54) is 4.90 Å². The molecule has 1 heterocycles. The number of aliphatic hydroxyl groups excluding tert-OH is 1. The quantitative estimate of drug-likeness (QED) is 0.729. The van der Waals surface area contributed by atoms with Crippen molar-refractivity contribution in [3.05, 3.63) is 35.9 Å². The van der Waals surface area contributed by atoms with E-state index < -0.39 is 12.2 Å². The van der Waals surface area contributed by atoms with E-state index in [1.807, 2.05) is 30.3 Å². The Labute approximate surface area is 137 Å². The predicted octanol–water partition coefficient (Wildman–Crippen LogP) is 0.529. The van der Waals surface area contributed by atoms with Crippen LogP contribution in [0.4, 0.5) is 0 Å². The lowest BCUT2D eigenvalue weighted by atomic mass is 10.2. The Hall–Kier alpha value is -1.47. The standard InChI is InChI=1S/C17H26N2O4/c1-19(17(21)16-8-7-15(9-18)23-16)10-14(20)12-22-11-13-5-3-2-4-6-13/h2-6,14-16,20H,7-12,18H2,1H3/t14?,15-,16+/m1/s1. The van der Waals surface area contributed by atoms with Crippen molar-refractivity contribution in [2.45, 2.75) is 37.8 Å². The fraction of sp³-hybridized carbons (Fsp3) is 0.588. The second-order valence-corrected chi connectivity index (χ2v) is 5.93. The molecule has 1 aliphatic rings. The minimum absolute atomic E-state index is 0.0310. The smallest absolute Gasteiger partial charge is 0.251 e. The summed E-state index contributed by atoms with van der Waals surface area (Å²) in [7, 11) is 1.67. The molecule has 3 atom stereocenters. The van der Waals surface area contributed by atoms with Crippen LogP contribution in [0, 0.1) is 0 Å². The third kappa shape index (κ3) is 5.58. The summed E-state index contributed by atoms with van der Waals surface area (Å²) >= 11 is 0. The SMILES string of the molecule is CN(CC(O)COCc1ccccc1)C(=O)[C@@H]1CC[C@H](CN)O1. The Bertz CT molecular complexity index is 483. The van der Waals surface area contributed by atoms with Gasteiger partial charge in [0.25, 0.3) is 5.91 Å². The molecule has 3 N–H and O–H groups in total. The summed E-state index contributed by atoms with van der Waals surface area (Å²) in [5.41, 5.74) is 6.60. The number of hydrogen-bond donors (Lipinski definition) is 2. The third-order valence-corrected chi connectivity index (χ3v) is 3.93. The lowest BCUT2D eigenvalue weighted by Crippen LogP contribution is -2.42. The van der Waals surface area contributed by atoms with Crippen molar-refractivity contribution in [3.63, 3.8) is 0 Å². The molecule has 0 spiro atoms. The van der Waals surface area contributed by atoms with Crippen LogP contribution >= 0.6 is 0 Å². The number of hydrogen-bond acceptors (Lipinski definition) is 5. The summed E-state index contributed by atoms with van der Waals surface area (Å²) in [4.78, 5) is 13.7. The van der Waals surface area contributed by atoms with Gasteiger partial charge in [0.2, 0.25) is 0 Å². The van der Waals surface area contributed by atoms with Gasteiger partial charge in [0.1, 0.15) is 6.10 Å². The first kappa shape index (κ1) is 17.9. The average molecular weight is 322 g/mol. The van der Waals surface area contributed by atoms with Crippen LogP contribution in [-0.4, -0.2) is 61.0 Å². The molecule has 0 radical (unpaired) electrons. The minimum Gasteiger partial charge on any atom is -0.389 e. The third-order valence-electron chi connectivity index (χ3n) is 3.93. The Morgan fingerprint density at radius 3 is 2.83 bits per heavy atom.